The fraction of sp³-hybridized carbons (Fsp3) is 0.522. The largest absolute Gasteiger partial charge is 0.368 e. The zero-order valence-corrected chi connectivity index (χ0v) is 18.5. The topological polar surface area (TPSA) is 115 Å². The smallest absolute Gasteiger partial charge is 0.256 e. The number of carbonyl (C=O) groups is 2. The van der Waals surface area contributed by atoms with Crippen LogP contribution in [0.15, 0.2) is 24.5 Å². The number of amides is 2. The second kappa shape index (κ2) is 7.95. The van der Waals surface area contributed by atoms with Gasteiger partial charge in [-0.25, -0.2) is 9.97 Å². The molecule has 4 aliphatic rings. The number of piperazine rings is 1. The summed E-state index contributed by atoms with van der Waals surface area (Å²) in [5.74, 6) is 1.48. The number of nitrogens with one attached hydrogen (secondary N) is 3. The number of anilines is 4. The number of pyridine rings is 1. The van der Waals surface area contributed by atoms with Crippen molar-refractivity contribution in [1.82, 2.24) is 25.2 Å². The number of imide groups is 1. The first-order chi connectivity index (χ1) is 16.1. The minimum Gasteiger partial charge on any atom is -0.368 e. The molecule has 1 aliphatic carbocycles. The molecule has 2 aromatic rings. The number of hydrogen-bond donors (Lipinski definition) is 3. The van der Waals surface area contributed by atoms with E-state index in [2.05, 4.69) is 35.8 Å². The van der Waals surface area contributed by atoms with Gasteiger partial charge < -0.3 is 20.9 Å². The van der Waals surface area contributed by atoms with Crippen molar-refractivity contribution in [3.05, 3.63) is 30.1 Å². The van der Waals surface area contributed by atoms with E-state index < -0.39 is 5.54 Å². The van der Waals surface area contributed by atoms with Gasteiger partial charge in [0.15, 0.2) is 0 Å². The normalized spacial score (nSPS) is 25.1. The molecule has 6 rings (SSSR count). The average molecular weight is 449 g/mol. The Labute approximate surface area is 192 Å². The Morgan fingerprint density at radius 1 is 1.03 bits per heavy atom. The Bertz CT molecular complexity index is 1080. The van der Waals surface area contributed by atoms with Gasteiger partial charge in [-0.15, -0.1) is 0 Å². The van der Waals surface area contributed by atoms with Gasteiger partial charge in [0.1, 0.15) is 17.2 Å². The lowest BCUT2D eigenvalue weighted by Gasteiger charge is -2.29. The maximum Gasteiger partial charge on any atom is 0.256 e. The van der Waals surface area contributed by atoms with Crippen LogP contribution < -0.4 is 20.9 Å². The summed E-state index contributed by atoms with van der Waals surface area (Å²) >= 11 is 0. The highest BCUT2D eigenvalue weighted by Crippen LogP contribution is 2.41. The third-order valence-electron chi connectivity index (χ3n) is 7.22. The Balaban J connectivity index is 1.16. The zero-order chi connectivity index (χ0) is 22.4. The van der Waals surface area contributed by atoms with E-state index in [9.17, 15) is 9.59 Å². The van der Waals surface area contributed by atoms with E-state index >= 15 is 0 Å². The predicted molar refractivity (Wildman–Crippen MR) is 123 cm³/mol. The molecule has 2 aromatic heterocycles. The maximum absolute atomic E-state index is 13.3. The lowest BCUT2D eigenvalue weighted by molar-refractivity contribution is -0.142. The standard InChI is InChI=1S/C23H28N8O2/c32-19-12-23(21(33)31(19)16-3-1-2-4-16)11-15-13-26-22(28-20(15)29-23)27-18-6-5-17(14-25-18)30-9-7-24-8-10-30/h5-6,13-14,16,24H,1-4,7-12H2,(H2,25,26,27,28,29). The first kappa shape index (κ1) is 20.3. The third kappa shape index (κ3) is 3.58. The van der Waals surface area contributed by atoms with E-state index in [0.717, 1.165) is 63.1 Å². The molecule has 172 valence electrons. The van der Waals surface area contributed by atoms with E-state index in [4.69, 9.17) is 0 Å². The van der Waals surface area contributed by atoms with E-state index in [-0.39, 0.29) is 24.3 Å². The van der Waals surface area contributed by atoms with Crippen LogP contribution in [0.3, 0.4) is 0 Å². The van der Waals surface area contributed by atoms with Gasteiger partial charge in [0, 0.05) is 50.4 Å². The zero-order valence-electron chi connectivity index (χ0n) is 18.5. The molecule has 2 amide bonds. The highest BCUT2D eigenvalue weighted by atomic mass is 16.2. The quantitative estimate of drug-likeness (QED) is 0.598. The van der Waals surface area contributed by atoms with Crippen molar-refractivity contribution in [3.8, 4) is 0 Å². The highest BCUT2D eigenvalue weighted by molar-refractivity contribution is 6.11. The molecule has 0 aromatic carbocycles. The molecule has 1 unspecified atom stereocenters. The van der Waals surface area contributed by atoms with Gasteiger partial charge in [-0.05, 0) is 25.0 Å². The van der Waals surface area contributed by atoms with Crippen LogP contribution >= 0.6 is 0 Å². The van der Waals surface area contributed by atoms with Crippen LogP contribution in [0.5, 0.6) is 0 Å². The van der Waals surface area contributed by atoms with Crippen molar-refractivity contribution in [2.45, 2.75) is 50.1 Å². The number of nitrogens with zero attached hydrogens (tertiary/aromatic N) is 5. The molecular weight excluding hydrogens is 420 g/mol. The summed E-state index contributed by atoms with van der Waals surface area (Å²) in [5, 5.41) is 9.78. The Hall–Kier alpha value is -3.27. The molecule has 2 saturated heterocycles. The molecule has 5 heterocycles. The van der Waals surface area contributed by atoms with Gasteiger partial charge in [0.05, 0.1) is 18.3 Å². The first-order valence-electron chi connectivity index (χ1n) is 11.8. The fourth-order valence-corrected chi connectivity index (χ4v) is 5.52. The summed E-state index contributed by atoms with van der Waals surface area (Å²) in [5.41, 5.74) is 1.03. The second-order valence-electron chi connectivity index (χ2n) is 9.40. The van der Waals surface area contributed by atoms with Crippen LogP contribution in [0.1, 0.15) is 37.7 Å². The van der Waals surface area contributed by atoms with E-state index in [1.165, 1.54) is 4.90 Å². The lowest BCUT2D eigenvalue weighted by Crippen LogP contribution is -2.48. The first-order valence-corrected chi connectivity index (χ1v) is 11.8. The monoisotopic (exact) mass is 448 g/mol. The molecule has 10 heteroatoms. The van der Waals surface area contributed by atoms with Crippen molar-refractivity contribution in [1.29, 1.82) is 0 Å². The molecule has 1 saturated carbocycles. The van der Waals surface area contributed by atoms with Gasteiger partial charge >= 0.3 is 0 Å². The van der Waals surface area contributed by atoms with Crippen molar-refractivity contribution in [2.75, 3.05) is 41.7 Å². The molecule has 1 spiro atoms. The molecule has 33 heavy (non-hydrogen) atoms. The second-order valence-corrected chi connectivity index (χ2v) is 9.40. The van der Waals surface area contributed by atoms with Crippen LogP contribution in [-0.4, -0.2) is 69.4 Å². The molecule has 3 N–H and O–H groups in total. The number of hydrogen-bond acceptors (Lipinski definition) is 9. The van der Waals surface area contributed by atoms with Gasteiger partial charge in [-0.1, -0.05) is 12.8 Å². The Kier molecular flexibility index (Phi) is 4.90. The maximum atomic E-state index is 13.3. The van der Waals surface area contributed by atoms with Gasteiger partial charge in [0.2, 0.25) is 11.9 Å². The molecule has 0 bridgehead atoms. The Morgan fingerprint density at radius 3 is 2.61 bits per heavy atom. The van der Waals surface area contributed by atoms with Crippen LogP contribution in [-0.2, 0) is 16.0 Å². The van der Waals surface area contributed by atoms with Crippen molar-refractivity contribution in [2.24, 2.45) is 0 Å². The average Bonchev–Trinajstić information content (AvgIpc) is 3.53. The van der Waals surface area contributed by atoms with E-state index in [1.807, 2.05) is 18.3 Å². The molecule has 3 fully saturated rings. The minimum absolute atomic E-state index is 0.0495. The summed E-state index contributed by atoms with van der Waals surface area (Å²) in [6.07, 6.45) is 8.18. The van der Waals surface area contributed by atoms with Gasteiger partial charge in [-0.2, -0.15) is 4.98 Å². The van der Waals surface area contributed by atoms with Gasteiger partial charge in [-0.3, -0.25) is 14.5 Å². The van der Waals surface area contributed by atoms with Crippen LogP contribution in [0.4, 0.5) is 23.3 Å². The number of likely N-dealkylation sites (tertiary alicyclic amines) is 1. The molecule has 1 atom stereocenters. The number of aromatic nitrogens is 3. The highest BCUT2D eigenvalue weighted by Gasteiger charge is 2.56. The number of rotatable bonds is 4. The molecule has 10 nitrogen and oxygen atoms in total. The summed E-state index contributed by atoms with van der Waals surface area (Å²) in [7, 11) is 0. The van der Waals surface area contributed by atoms with Crippen LogP contribution in [0.25, 0.3) is 0 Å². The molecule has 0 radical (unpaired) electrons. The van der Waals surface area contributed by atoms with Gasteiger partial charge in [0.25, 0.3) is 5.91 Å². The Morgan fingerprint density at radius 2 is 1.85 bits per heavy atom. The van der Waals surface area contributed by atoms with Crippen LogP contribution in [0, 0.1) is 0 Å². The summed E-state index contributed by atoms with van der Waals surface area (Å²) in [6.45, 7) is 3.89. The number of fused-ring (bicyclic) bond motifs is 1. The predicted octanol–water partition coefficient (Wildman–Crippen LogP) is 1.43. The summed E-state index contributed by atoms with van der Waals surface area (Å²) < 4.78 is 0. The van der Waals surface area contributed by atoms with E-state index in [1.54, 1.807) is 6.20 Å². The summed E-state index contributed by atoms with van der Waals surface area (Å²) in [4.78, 5) is 43.4. The van der Waals surface area contributed by atoms with Crippen molar-refractivity contribution < 1.29 is 9.59 Å². The fourth-order valence-electron chi connectivity index (χ4n) is 5.52. The SMILES string of the molecule is O=C1CC2(Cc3cnc(Nc4ccc(N5CCNCC5)cn4)nc3N2)C(=O)N1C1CCCC1. The molecule has 3 aliphatic heterocycles. The summed E-state index contributed by atoms with van der Waals surface area (Å²) in [6, 6.07) is 4.01. The van der Waals surface area contributed by atoms with Crippen LogP contribution in [0.2, 0.25) is 0 Å². The van der Waals surface area contributed by atoms with Crippen molar-refractivity contribution >= 4 is 35.1 Å². The minimum atomic E-state index is -0.918. The third-order valence-corrected chi connectivity index (χ3v) is 7.22. The number of carbonyl (C=O) groups excluding carboxylic acids is 2. The molecular formula is C23H28N8O2. The lowest BCUT2D eigenvalue weighted by atomic mass is 9.94. The van der Waals surface area contributed by atoms with E-state index in [0.29, 0.717) is 24.0 Å². The van der Waals surface area contributed by atoms with Crippen molar-refractivity contribution in [3.63, 3.8) is 0 Å².